The molecule has 33 heavy (non-hydrogen) atoms. The highest BCUT2D eigenvalue weighted by Crippen LogP contribution is 2.53. The van der Waals surface area contributed by atoms with Crippen LogP contribution in [0.3, 0.4) is 0 Å². The molecule has 0 radical (unpaired) electrons. The summed E-state index contributed by atoms with van der Waals surface area (Å²) in [4.78, 5) is 11.6. The van der Waals surface area contributed by atoms with Crippen LogP contribution in [0.2, 0.25) is 5.02 Å². The van der Waals surface area contributed by atoms with Gasteiger partial charge in [0.2, 0.25) is 5.91 Å². The fourth-order valence-corrected chi connectivity index (χ4v) is 6.40. The van der Waals surface area contributed by atoms with E-state index >= 15 is 4.39 Å². The van der Waals surface area contributed by atoms with Crippen molar-refractivity contribution in [2.24, 2.45) is 11.7 Å². The summed E-state index contributed by atoms with van der Waals surface area (Å²) in [5.74, 6) is -0.810. The monoisotopic (exact) mass is 495 g/mol. The fraction of sp³-hybridized carbons (Fsp3) is 0.480. The normalized spacial score (nSPS) is 25.0. The minimum Gasteiger partial charge on any atom is -0.490 e. The van der Waals surface area contributed by atoms with Crippen LogP contribution in [0, 0.1) is 17.6 Å². The number of primary amides is 1. The third-order valence-corrected chi connectivity index (χ3v) is 8.54. The van der Waals surface area contributed by atoms with E-state index in [9.17, 15) is 9.18 Å². The number of hydrogen-bond donors (Lipinski definition) is 1. The molecule has 8 heteroatoms. The number of carbonyl (C=O) groups excluding carboxylic acids is 1. The number of nitrogens with two attached hydrogens (primary N) is 1. The summed E-state index contributed by atoms with van der Waals surface area (Å²) in [5, 5.41) is 0.376. The van der Waals surface area contributed by atoms with Crippen LogP contribution in [0.5, 0.6) is 5.75 Å². The third kappa shape index (κ3) is 4.86. The lowest BCUT2D eigenvalue weighted by molar-refractivity contribution is -0.117. The Morgan fingerprint density at radius 1 is 1.24 bits per heavy atom. The zero-order valence-corrected chi connectivity index (χ0v) is 20.1. The standard InChI is InChI=1S/C25H28ClF2NO3S/c1-2-21(24(29)30)33-12-9-20-17-14-32-23-19(28)8-7-18(27)22(23)25(17,10-11-31-20)13-15-3-5-16(26)6-4-15/h3-8,17,20-21H,2,9-14H2,1H3,(H2,29,30)/t17-,20-,21?,25-/m0/s1. The van der Waals surface area contributed by atoms with E-state index in [1.165, 1.54) is 17.8 Å². The Balaban J connectivity index is 1.67. The van der Waals surface area contributed by atoms with Crippen LogP contribution in [-0.4, -0.2) is 36.2 Å². The van der Waals surface area contributed by atoms with Gasteiger partial charge in [-0.05, 0) is 61.3 Å². The minimum absolute atomic E-state index is 0.00927. The van der Waals surface area contributed by atoms with E-state index in [0.29, 0.717) is 48.6 Å². The predicted octanol–water partition coefficient (Wildman–Crippen LogP) is 5.28. The number of fused-ring (bicyclic) bond motifs is 3. The van der Waals surface area contributed by atoms with Gasteiger partial charge in [0.1, 0.15) is 5.82 Å². The van der Waals surface area contributed by atoms with Gasteiger partial charge >= 0.3 is 0 Å². The fourth-order valence-electron chi connectivity index (χ4n) is 5.22. The summed E-state index contributed by atoms with van der Waals surface area (Å²) in [6.45, 7) is 2.60. The molecule has 2 aromatic carbocycles. The van der Waals surface area contributed by atoms with E-state index in [1.54, 1.807) is 0 Å². The van der Waals surface area contributed by atoms with Crippen LogP contribution in [0.25, 0.3) is 0 Å². The van der Waals surface area contributed by atoms with E-state index in [4.69, 9.17) is 26.8 Å². The van der Waals surface area contributed by atoms with E-state index < -0.39 is 17.0 Å². The van der Waals surface area contributed by atoms with Crippen LogP contribution < -0.4 is 10.5 Å². The molecule has 2 aromatic rings. The highest BCUT2D eigenvalue weighted by Gasteiger charge is 2.53. The first-order valence-corrected chi connectivity index (χ1v) is 12.7. The molecule has 0 aromatic heterocycles. The van der Waals surface area contributed by atoms with Crippen LogP contribution in [-0.2, 0) is 21.4 Å². The third-order valence-electron chi connectivity index (χ3n) is 6.84. The largest absolute Gasteiger partial charge is 0.490 e. The quantitative estimate of drug-likeness (QED) is 0.541. The first kappa shape index (κ1) is 24.3. The molecule has 178 valence electrons. The van der Waals surface area contributed by atoms with E-state index in [2.05, 4.69) is 0 Å². The molecule has 1 unspecified atom stereocenters. The van der Waals surface area contributed by atoms with Gasteiger partial charge in [0.25, 0.3) is 0 Å². The van der Waals surface area contributed by atoms with Crippen molar-refractivity contribution in [2.45, 2.75) is 49.4 Å². The molecule has 4 nitrogen and oxygen atoms in total. The van der Waals surface area contributed by atoms with Crippen molar-refractivity contribution in [3.05, 3.63) is 64.2 Å². The molecule has 2 aliphatic heterocycles. The molecule has 1 saturated heterocycles. The number of rotatable bonds is 8. The lowest BCUT2D eigenvalue weighted by Gasteiger charge is -2.51. The number of ether oxygens (including phenoxy) is 2. The molecule has 1 fully saturated rings. The van der Waals surface area contributed by atoms with Crippen molar-refractivity contribution >= 4 is 29.3 Å². The van der Waals surface area contributed by atoms with Gasteiger partial charge < -0.3 is 15.2 Å². The molecule has 1 amide bonds. The summed E-state index contributed by atoms with van der Waals surface area (Å²) in [5.41, 5.74) is 6.10. The van der Waals surface area contributed by atoms with Crippen molar-refractivity contribution in [1.82, 2.24) is 0 Å². The van der Waals surface area contributed by atoms with Crippen LogP contribution in [0.1, 0.15) is 37.3 Å². The topological polar surface area (TPSA) is 61.6 Å². The Morgan fingerprint density at radius 2 is 1.97 bits per heavy atom. The summed E-state index contributed by atoms with van der Waals surface area (Å²) in [7, 11) is 0. The second-order valence-electron chi connectivity index (χ2n) is 8.73. The summed E-state index contributed by atoms with van der Waals surface area (Å²) in [6, 6.07) is 9.79. The second kappa shape index (κ2) is 10.2. The molecule has 0 spiro atoms. The van der Waals surface area contributed by atoms with Gasteiger partial charge in [-0.15, -0.1) is 11.8 Å². The minimum atomic E-state index is -0.672. The maximum atomic E-state index is 15.3. The van der Waals surface area contributed by atoms with Crippen LogP contribution in [0.4, 0.5) is 8.78 Å². The van der Waals surface area contributed by atoms with Crippen molar-refractivity contribution in [1.29, 1.82) is 0 Å². The molecule has 0 saturated carbocycles. The van der Waals surface area contributed by atoms with E-state index in [-0.39, 0.29) is 35.5 Å². The molecule has 0 bridgehead atoms. The van der Waals surface area contributed by atoms with Crippen LogP contribution >= 0.6 is 23.4 Å². The van der Waals surface area contributed by atoms with Crippen LogP contribution in [0.15, 0.2) is 36.4 Å². The Labute approximate surface area is 202 Å². The maximum absolute atomic E-state index is 15.3. The van der Waals surface area contributed by atoms with Gasteiger partial charge in [0.15, 0.2) is 11.6 Å². The number of amides is 1. The number of benzene rings is 2. The second-order valence-corrected chi connectivity index (χ2v) is 10.5. The van der Waals surface area contributed by atoms with Crippen molar-refractivity contribution in [2.75, 3.05) is 19.0 Å². The van der Waals surface area contributed by atoms with Gasteiger partial charge in [0, 0.05) is 28.5 Å². The number of carbonyl (C=O) groups is 1. The van der Waals surface area contributed by atoms with Gasteiger partial charge in [-0.1, -0.05) is 30.7 Å². The molecule has 4 rings (SSSR count). The highest BCUT2D eigenvalue weighted by atomic mass is 35.5. The smallest absolute Gasteiger partial charge is 0.230 e. The lowest BCUT2D eigenvalue weighted by atomic mass is 9.60. The highest BCUT2D eigenvalue weighted by molar-refractivity contribution is 8.00. The predicted molar refractivity (Wildman–Crippen MR) is 127 cm³/mol. The zero-order valence-electron chi connectivity index (χ0n) is 18.5. The average Bonchev–Trinajstić information content (AvgIpc) is 2.80. The first-order chi connectivity index (χ1) is 15.9. The van der Waals surface area contributed by atoms with E-state index in [1.807, 2.05) is 31.2 Å². The van der Waals surface area contributed by atoms with Crippen molar-refractivity contribution in [3.8, 4) is 5.75 Å². The number of thioether (sulfide) groups is 1. The molecular formula is C25H28ClF2NO3S. The molecule has 2 N–H and O–H groups in total. The maximum Gasteiger partial charge on any atom is 0.230 e. The molecule has 2 heterocycles. The van der Waals surface area contributed by atoms with Crippen molar-refractivity contribution in [3.63, 3.8) is 0 Å². The Hall–Kier alpha value is -1.83. The number of hydrogen-bond acceptors (Lipinski definition) is 4. The number of halogens is 3. The molecule has 2 aliphatic rings. The Bertz CT molecular complexity index is 1010. The first-order valence-electron chi connectivity index (χ1n) is 11.2. The Kier molecular flexibility index (Phi) is 7.51. The lowest BCUT2D eigenvalue weighted by Crippen LogP contribution is -2.55. The van der Waals surface area contributed by atoms with Gasteiger partial charge in [-0.2, -0.15) is 0 Å². The molecular weight excluding hydrogens is 468 g/mol. The Morgan fingerprint density at radius 3 is 2.67 bits per heavy atom. The van der Waals surface area contributed by atoms with Crippen molar-refractivity contribution < 1.29 is 23.0 Å². The average molecular weight is 496 g/mol. The van der Waals surface area contributed by atoms with Gasteiger partial charge in [0.05, 0.1) is 18.0 Å². The summed E-state index contributed by atoms with van der Waals surface area (Å²) in [6.07, 6.45) is 2.20. The molecule has 4 atom stereocenters. The summed E-state index contributed by atoms with van der Waals surface area (Å²) >= 11 is 7.59. The van der Waals surface area contributed by atoms with E-state index in [0.717, 1.165) is 11.6 Å². The zero-order chi connectivity index (χ0) is 23.6. The van der Waals surface area contributed by atoms with Gasteiger partial charge in [-0.3, -0.25) is 4.79 Å². The van der Waals surface area contributed by atoms with Gasteiger partial charge in [-0.25, -0.2) is 8.78 Å². The SMILES string of the molecule is CCC(SCC[C@@H]1OCC[C@@]2(Cc3ccc(Cl)cc3)c3c(F)ccc(F)c3OC[C@@H]12)C(N)=O. The molecule has 0 aliphatic carbocycles. The summed E-state index contributed by atoms with van der Waals surface area (Å²) < 4.78 is 41.9.